The number of carbonyl (C=O) groups excluding carboxylic acids is 4. The van der Waals surface area contributed by atoms with Gasteiger partial charge in [0.25, 0.3) is 5.97 Å². The van der Waals surface area contributed by atoms with Crippen molar-refractivity contribution in [1.82, 2.24) is 0 Å². The maximum absolute atomic E-state index is 15.2. The standard InChI is InChI=1S/C43H58O16/c1-20(2)27(49-11)26-28-37(7,29(55-33(26)47)23-15-16-53-18-23)30(56-32(46)21(3)4)31(50-12)43-38(8)24(17-25(45)48-10)36(6)19-40(38)42(52-14,34(36)54-22(5)44)35(51-13)41(28,43)58-39(9,57-40)59-43/h15-16,18,20-21,24,28-31,34-35H,17,19H2,1-14H3/b27-26-/t24-,28?,29-,30?,31+,34?,35-,36?,37+,38+,39?,40?,41-,42-,43?/m0/s1. The molecule has 4 aliphatic carbocycles. The van der Waals surface area contributed by atoms with Gasteiger partial charge in [0.15, 0.2) is 5.60 Å². The van der Waals surface area contributed by atoms with E-state index in [1.165, 1.54) is 55.0 Å². The summed E-state index contributed by atoms with van der Waals surface area (Å²) in [7, 11) is 7.29. The van der Waals surface area contributed by atoms with Gasteiger partial charge in [0.1, 0.15) is 53.1 Å². The number of cyclic esters (lactones) is 1. The molecule has 15 atom stereocenters. The van der Waals surface area contributed by atoms with Crippen LogP contribution in [0.1, 0.15) is 86.8 Å². The number of rotatable bonds is 11. The van der Waals surface area contributed by atoms with E-state index in [0.29, 0.717) is 5.56 Å². The number of fused-ring (bicyclic) bond motifs is 3. The molecule has 0 aromatic carbocycles. The minimum Gasteiger partial charge on any atom is -0.500 e. The third-order valence-electron chi connectivity index (χ3n) is 15.7. The maximum atomic E-state index is 15.2. The first-order chi connectivity index (χ1) is 27.6. The van der Waals surface area contributed by atoms with Gasteiger partial charge < -0.3 is 56.5 Å². The van der Waals surface area contributed by atoms with E-state index in [1.807, 2.05) is 34.6 Å². The number of furan rings is 1. The third-order valence-corrected chi connectivity index (χ3v) is 15.7. The summed E-state index contributed by atoms with van der Waals surface area (Å²) in [6.45, 7) is 15.9. The van der Waals surface area contributed by atoms with Gasteiger partial charge in [-0.05, 0) is 18.4 Å². The molecule has 2 spiro atoms. The van der Waals surface area contributed by atoms with Crippen LogP contribution in [0.2, 0.25) is 0 Å². The van der Waals surface area contributed by atoms with Gasteiger partial charge in [0.05, 0.1) is 43.7 Å². The number of esters is 4. The van der Waals surface area contributed by atoms with Gasteiger partial charge in [0, 0.05) is 69.8 Å². The van der Waals surface area contributed by atoms with Gasteiger partial charge in [-0.3, -0.25) is 14.4 Å². The molecule has 8 rings (SSSR count). The highest BCUT2D eigenvalue weighted by Crippen LogP contribution is 2.90. The molecule has 59 heavy (non-hydrogen) atoms. The first-order valence-corrected chi connectivity index (χ1v) is 20.3. The Hall–Kier alpha value is -3.54. The fraction of sp³-hybridized carbons (Fsp3) is 0.767. The molecule has 326 valence electrons. The lowest BCUT2D eigenvalue weighted by Crippen LogP contribution is -2.97. The van der Waals surface area contributed by atoms with Gasteiger partial charge in [0.2, 0.25) is 0 Å². The van der Waals surface area contributed by atoms with Crippen LogP contribution in [0.3, 0.4) is 0 Å². The summed E-state index contributed by atoms with van der Waals surface area (Å²) < 4.78 is 79.9. The summed E-state index contributed by atoms with van der Waals surface area (Å²) in [5.74, 6) is -7.08. The van der Waals surface area contributed by atoms with E-state index in [-0.39, 0.29) is 24.2 Å². The Morgan fingerprint density at radius 3 is 2.08 bits per heavy atom. The van der Waals surface area contributed by atoms with Crippen LogP contribution in [0.25, 0.3) is 0 Å². The molecule has 4 heterocycles. The largest absolute Gasteiger partial charge is 0.500 e. The number of ether oxygens (including phenoxy) is 11. The Kier molecular flexibility index (Phi) is 9.28. The molecule has 3 saturated heterocycles. The van der Waals surface area contributed by atoms with E-state index in [1.54, 1.807) is 26.8 Å². The lowest BCUT2D eigenvalue weighted by molar-refractivity contribution is -0.494. The molecule has 4 bridgehead atoms. The highest BCUT2D eigenvalue weighted by atomic mass is 16.9. The number of hydrogen-bond acceptors (Lipinski definition) is 16. The van der Waals surface area contributed by atoms with E-state index in [4.69, 9.17) is 56.5 Å². The number of carbonyl (C=O) groups is 4. The Morgan fingerprint density at radius 1 is 0.864 bits per heavy atom. The molecule has 7 fully saturated rings. The average Bonchev–Trinajstić information content (AvgIpc) is 3.86. The molecule has 0 amide bonds. The number of allylic oxidation sites excluding steroid dienone is 1. The molecule has 16 nitrogen and oxygen atoms in total. The minimum absolute atomic E-state index is 0.0852. The van der Waals surface area contributed by atoms with Gasteiger partial charge >= 0.3 is 23.9 Å². The summed E-state index contributed by atoms with van der Waals surface area (Å²) in [6.07, 6.45) is -3.18. The second-order valence-corrected chi connectivity index (χ2v) is 18.8. The SMILES string of the molecule is COC(=O)C[C@H]1C2(C)CC34OC5(C)OC6([C@H](OC)C(OC(=O)C(C)C)[C@]7(C)C(/C(=C(/OC)C(C)C)C(=O)O[C@H]7c7ccoc7)[C@]6(O5)[C@H](OC)[C@@]3(OC)C2OC(C)=O)[C@]14C. The quantitative estimate of drug-likeness (QED) is 0.131. The highest BCUT2D eigenvalue weighted by molar-refractivity contribution is 5.92. The molecule has 3 aliphatic heterocycles. The monoisotopic (exact) mass is 830 g/mol. The first kappa shape index (κ1) is 42.2. The van der Waals surface area contributed by atoms with Crippen molar-refractivity contribution in [2.45, 2.75) is 134 Å². The van der Waals surface area contributed by atoms with Gasteiger partial charge in [-0.2, -0.15) is 0 Å². The summed E-state index contributed by atoms with van der Waals surface area (Å²) in [5, 5.41) is 0. The van der Waals surface area contributed by atoms with Crippen LogP contribution >= 0.6 is 0 Å². The van der Waals surface area contributed by atoms with E-state index < -0.39 is 123 Å². The molecule has 0 radical (unpaired) electrons. The highest BCUT2D eigenvalue weighted by Gasteiger charge is 3.06. The summed E-state index contributed by atoms with van der Waals surface area (Å²) in [4.78, 5) is 56.7. The summed E-state index contributed by atoms with van der Waals surface area (Å²) in [6, 6.07) is 1.68. The molecule has 16 heteroatoms. The van der Waals surface area contributed by atoms with E-state index in [9.17, 15) is 14.4 Å². The minimum atomic E-state index is -1.95. The molecular formula is C43H58O16. The zero-order chi connectivity index (χ0) is 43.3. The molecule has 4 saturated carbocycles. The van der Waals surface area contributed by atoms with Gasteiger partial charge in [-0.15, -0.1) is 0 Å². The van der Waals surface area contributed by atoms with Crippen LogP contribution in [0.5, 0.6) is 0 Å². The van der Waals surface area contributed by atoms with Crippen LogP contribution in [-0.4, -0.2) is 112 Å². The lowest BCUT2D eigenvalue weighted by Gasteiger charge is -2.79. The van der Waals surface area contributed by atoms with Crippen LogP contribution in [0.4, 0.5) is 0 Å². The maximum Gasteiger partial charge on any atom is 0.338 e. The van der Waals surface area contributed by atoms with Crippen LogP contribution in [-0.2, 0) is 71.3 Å². The molecule has 0 N–H and O–H groups in total. The van der Waals surface area contributed by atoms with Crippen molar-refractivity contribution in [1.29, 1.82) is 0 Å². The predicted molar refractivity (Wildman–Crippen MR) is 200 cm³/mol. The normalized spacial score (nSPS) is 48.1. The molecular weight excluding hydrogens is 772 g/mol. The van der Waals surface area contributed by atoms with Crippen molar-refractivity contribution in [3.63, 3.8) is 0 Å². The fourth-order valence-corrected chi connectivity index (χ4v) is 14.4. The van der Waals surface area contributed by atoms with E-state index in [2.05, 4.69) is 0 Å². The number of methoxy groups -OCH3 is 5. The smallest absolute Gasteiger partial charge is 0.338 e. The van der Waals surface area contributed by atoms with Crippen LogP contribution in [0, 0.1) is 39.9 Å². The summed E-state index contributed by atoms with van der Waals surface area (Å²) >= 11 is 0. The van der Waals surface area contributed by atoms with Crippen molar-refractivity contribution in [3.8, 4) is 0 Å². The van der Waals surface area contributed by atoms with Crippen molar-refractivity contribution in [2.75, 3.05) is 35.5 Å². The van der Waals surface area contributed by atoms with E-state index >= 15 is 4.79 Å². The van der Waals surface area contributed by atoms with Crippen LogP contribution < -0.4 is 0 Å². The Labute approximate surface area is 344 Å². The summed E-state index contributed by atoms with van der Waals surface area (Å²) in [5.41, 5.74) is -10.5. The zero-order valence-electron chi connectivity index (χ0n) is 36.4. The number of hydrogen-bond donors (Lipinski definition) is 0. The van der Waals surface area contributed by atoms with Gasteiger partial charge in [-0.25, -0.2) is 4.79 Å². The molecule has 1 aromatic heterocycles. The van der Waals surface area contributed by atoms with Gasteiger partial charge in [-0.1, -0.05) is 48.5 Å². The molecule has 7 aliphatic rings. The predicted octanol–water partition coefficient (Wildman–Crippen LogP) is 4.57. The fourth-order valence-electron chi connectivity index (χ4n) is 14.4. The third kappa shape index (κ3) is 4.40. The Morgan fingerprint density at radius 2 is 1.56 bits per heavy atom. The first-order valence-electron chi connectivity index (χ1n) is 20.3. The van der Waals surface area contributed by atoms with Crippen molar-refractivity contribution in [3.05, 3.63) is 35.5 Å². The van der Waals surface area contributed by atoms with Crippen molar-refractivity contribution < 1.29 is 75.7 Å². The Balaban J connectivity index is 1.61. The molecule has 7 unspecified atom stereocenters. The van der Waals surface area contributed by atoms with Crippen LogP contribution in [0.15, 0.2) is 34.3 Å². The topological polar surface area (TPSA) is 183 Å². The van der Waals surface area contributed by atoms with Crippen molar-refractivity contribution >= 4 is 23.9 Å². The lowest BCUT2D eigenvalue weighted by atomic mass is 9.32. The Bertz CT molecular complexity index is 1980. The second kappa shape index (κ2) is 13.0. The molecule has 1 aromatic rings. The van der Waals surface area contributed by atoms with Crippen molar-refractivity contribution in [2.24, 2.45) is 39.9 Å². The van der Waals surface area contributed by atoms with E-state index in [0.717, 1.165) is 0 Å². The average molecular weight is 831 g/mol. The zero-order valence-corrected chi connectivity index (χ0v) is 36.4. The second-order valence-electron chi connectivity index (χ2n) is 18.8.